The Labute approximate surface area is 127 Å². The summed E-state index contributed by atoms with van der Waals surface area (Å²) in [4.78, 5) is 0. The molecule has 0 saturated heterocycles. The Morgan fingerprint density at radius 2 is 2.19 bits per heavy atom. The zero-order valence-electron chi connectivity index (χ0n) is 12.9. The Hall–Kier alpha value is -1.06. The molecule has 3 nitrogen and oxygen atoms in total. The van der Waals surface area contributed by atoms with E-state index in [1.165, 1.54) is 18.4 Å². The van der Waals surface area contributed by atoms with Crippen LogP contribution in [0.2, 0.25) is 0 Å². The Bertz CT molecular complexity index is 490. The zero-order chi connectivity index (χ0) is 14.9. The van der Waals surface area contributed by atoms with Crippen molar-refractivity contribution in [1.82, 2.24) is 0 Å². The van der Waals surface area contributed by atoms with Gasteiger partial charge in [0.2, 0.25) is 0 Å². The summed E-state index contributed by atoms with van der Waals surface area (Å²) in [5, 5.41) is 11.0. The Morgan fingerprint density at radius 1 is 1.38 bits per heavy atom. The largest absolute Gasteiger partial charge is 0.493 e. The third kappa shape index (κ3) is 2.82. The zero-order valence-corrected chi connectivity index (χ0v) is 12.9. The highest BCUT2D eigenvalue weighted by Gasteiger charge is 2.45. The summed E-state index contributed by atoms with van der Waals surface area (Å²) < 4.78 is 5.93. The van der Waals surface area contributed by atoms with E-state index in [2.05, 4.69) is 13.0 Å². The van der Waals surface area contributed by atoms with Crippen molar-refractivity contribution in [3.05, 3.63) is 29.8 Å². The van der Waals surface area contributed by atoms with E-state index in [-0.39, 0.29) is 11.5 Å². The molecule has 1 aromatic carbocycles. The molecular weight excluding hydrogens is 262 g/mol. The highest BCUT2D eigenvalue weighted by molar-refractivity contribution is 5.36. The normalized spacial score (nSPS) is 33.9. The van der Waals surface area contributed by atoms with E-state index in [1.807, 2.05) is 18.2 Å². The molecule has 1 heterocycles. The van der Waals surface area contributed by atoms with Crippen LogP contribution < -0.4 is 10.5 Å². The minimum Gasteiger partial charge on any atom is -0.493 e. The molecule has 1 aliphatic carbocycles. The molecule has 4 unspecified atom stereocenters. The maximum Gasteiger partial charge on any atom is 0.122 e. The standard InChI is InChI=1S/C18H27NO2/c1-13-5-4-7-14(9-13)17(20)18(11-19)10-15-6-2-3-8-16(15)21-12-18/h2-3,6,8,13-14,17,20H,4-5,7,9-12,19H2,1H3. The van der Waals surface area contributed by atoms with Crippen LogP contribution in [0.1, 0.15) is 38.2 Å². The van der Waals surface area contributed by atoms with Crippen LogP contribution in [0.3, 0.4) is 0 Å². The third-order valence-electron chi connectivity index (χ3n) is 5.49. The van der Waals surface area contributed by atoms with Crippen LogP contribution in [0.15, 0.2) is 24.3 Å². The minimum atomic E-state index is -0.362. The van der Waals surface area contributed by atoms with Gasteiger partial charge in [-0.15, -0.1) is 0 Å². The van der Waals surface area contributed by atoms with Gasteiger partial charge in [-0.2, -0.15) is 0 Å². The molecule has 0 spiro atoms. The monoisotopic (exact) mass is 289 g/mol. The van der Waals surface area contributed by atoms with Gasteiger partial charge in [0.05, 0.1) is 12.7 Å². The maximum absolute atomic E-state index is 11.0. The molecule has 116 valence electrons. The first kappa shape index (κ1) is 14.9. The van der Waals surface area contributed by atoms with E-state index >= 15 is 0 Å². The van der Waals surface area contributed by atoms with E-state index in [1.54, 1.807) is 0 Å². The number of fused-ring (bicyclic) bond motifs is 1. The summed E-state index contributed by atoms with van der Waals surface area (Å²) in [7, 11) is 0. The molecule has 0 bridgehead atoms. The number of hydrogen-bond acceptors (Lipinski definition) is 3. The van der Waals surface area contributed by atoms with Gasteiger partial charge in [0.25, 0.3) is 0 Å². The third-order valence-corrected chi connectivity index (χ3v) is 5.49. The molecule has 1 fully saturated rings. The van der Waals surface area contributed by atoms with Crippen molar-refractivity contribution in [3.63, 3.8) is 0 Å². The van der Waals surface area contributed by atoms with Gasteiger partial charge in [-0.25, -0.2) is 0 Å². The van der Waals surface area contributed by atoms with Crippen LogP contribution in [0.4, 0.5) is 0 Å². The fourth-order valence-corrected chi connectivity index (χ4v) is 4.15. The highest BCUT2D eigenvalue weighted by Crippen LogP contribution is 2.42. The predicted octanol–water partition coefficient (Wildman–Crippen LogP) is 2.75. The van der Waals surface area contributed by atoms with Crippen LogP contribution >= 0.6 is 0 Å². The second-order valence-electron chi connectivity index (χ2n) is 7.12. The first-order valence-electron chi connectivity index (χ1n) is 8.23. The number of para-hydroxylation sites is 1. The Balaban J connectivity index is 1.81. The van der Waals surface area contributed by atoms with Crippen LogP contribution in [-0.4, -0.2) is 24.4 Å². The van der Waals surface area contributed by atoms with Crippen molar-refractivity contribution in [1.29, 1.82) is 0 Å². The van der Waals surface area contributed by atoms with Crippen molar-refractivity contribution in [2.45, 2.75) is 45.1 Å². The molecule has 21 heavy (non-hydrogen) atoms. The lowest BCUT2D eigenvalue weighted by Gasteiger charge is -2.45. The average molecular weight is 289 g/mol. The van der Waals surface area contributed by atoms with Gasteiger partial charge in [0.15, 0.2) is 0 Å². The molecular formula is C18H27NO2. The summed E-state index contributed by atoms with van der Waals surface area (Å²) in [5.74, 6) is 2.03. The second kappa shape index (κ2) is 5.98. The summed E-state index contributed by atoms with van der Waals surface area (Å²) in [5.41, 5.74) is 6.95. The van der Waals surface area contributed by atoms with Crippen LogP contribution in [0, 0.1) is 17.3 Å². The van der Waals surface area contributed by atoms with E-state index in [9.17, 15) is 5.11 Å². The number of hydrogen-bond donors (Lipinski definition) is 2. The van der Waals surface area contributed by atoms with Crippen molar-refractivity contribution in [3.8, 4) is 5.75 Å². The summed E-state index contributed by atoms with van der Waals surface area (Å²) in [6, 6.07) is 8.12. The Kier molecular flexibility index (Phi) is 4.23. The molecule has 4 atom stereocenters. The molecule has 3 heteroatoms. The highest BCUT2D eigenvalue weighted by atomic mass is 16.5. The number of rotatable bonds is 3. The molecule has 1 saturated carbocycles. The summed E-state index contributed by atoms with van der Waals surface area (Å²) in [6.07, 6.45) is 5.21. The fraction of sp³-hybridized carbons (Fsp3) is 0.667. The molecule has 1 aromatic rings. The smallest absolute Gasteiger partial charge is 0.122 e. The topological polar surface area (TPSA) is 55.5 Å². The van der Waals surface area contributed by atoms with Crippen molar-refractivity contribution < 1.29 is 9.84 Å². The van der Waals surface area contributed by atoms with Gasteiger partial charge in [-0.1, -0.05) is 38.0 Å². The van der Waals surface area contributed by atoms with Gasteiger partial charge in [-0.05, 0) is 42.7 Å². The van der Waals surface area contributed by atoms with E-state index in [4.69, 9.17) is 10.5 Å². The van der Waals surface area contributed by atoms with Gasteiger partial charge < -0.3 is 15.6 Å². The SMILES string of the molecule is CC1CCCC(C(O)C2(CN)COc3ccccc3C2)C1. The molecule has 0 radical (unpaired) electrons. The molecule has 0 amide bonds. The quantitative estimate of drug-likeness (QED) is 0.899. The van der Waals surface area contributed by atoms with E-state index < -0.39 is 0 Å². The van der Waals surface area contributed by atoms with Gasteiger partial charge in [0.1, 0.15) is 5.75 Å². The molecule has 0 aromatic heterocycles. The molecule has 3 N–H and O–H groups in total. The van der Waals surface area contributed by atoms with Gasteiger partial charge in [0, 0.05) is 12.0 Å². The number of aliphatic hydroxyl groups is 1. The first-order valence-corrected chi connectivity index (χ1v) is 8.23. The number of ether oxygens (including phenoxy) is 1. The number of nitrogens with two attached hydrogens (primary N) is 1. The number of aliphatic hydroxyl groups excluding tert-OH is 1. The summed E-state index contributed by atoms with van der Waals surface area (Å²) in [6.45, 7) is 3.31. The molecule has 3 rings (SSSR count). The van der Waals surface area contributed by atoms with Crippen molar-refractivity contribution in [2.24, 2.45) is 23.0 Å². The minimum absolute atomic E-state index is 0.323. The van der Waals surface area contributed by atoms with Gasteiger partial charge >= 0.3 is 0 Å². The lowest BCUT2D eigenvalue weighted by Crippen LogP contribution is -2.53. The fourth-order valence-electron chi connectivity index (χ4n) is 4.15. The summed E-state index contributed by atoms with van der Waals surface area (Å²) >= 11 is 0. The number of benzene rings is 1. The average Bonchev–Trinajstić information content (AvgIpc) is 2.53. The van der Waals surface area contributed by atoms with Crippen molar-refractivity contribution >= 4 is 0 Å². The second-order valence-corrected chi connectivity index (χ2v) is 7.12. The Morgan fingerprint density at radius 3 is 2.95 bits per heavy atom. The lowest BCUT2D eigenvalue weighted by molar-refractivity contribution is -0.0612. The lowest BCUT2D eigenvalue weighted by atomic mass is 9.67. The molecule has 1 aliphatic heterocycles. The predicted molar refractivity (Wildman–Crippen MR) is 84.3 cm³/mol. The van der Waals surface area contributed by atoms with E-state index in [0.717, 1.165) is 25.0 Å². The van der Waals surface area contributed by atoms with Gasteiger partial charge in [-0.3, -0.25) is 0 Å². The first-order chi connectivity index (χ1) is 10.1. The van der Waals surface area contributed by atoms with Crippen molar-refractivity contribution in [2.75, 3.05) is 13.2 Å². The van der Waals surface area contributed by atoms with Crippen LogP contribution in [0.5, 0.6) is 5.75 Å². The van der Waals surface area contributed by atoms with E-state index in [0.29, 0.717) is 25.0 Å². The maximum atomic E-state index is 11.0. The van der Waals surface area contributed by atoms with Crippen LogP contribution in [0.25, 0.3) is 0 Å². The van der Waals surface area contributed by atoms with Crippen LogP contribution in [-0.2, 0) is 6.42 Å². The molecule has 2 aliphatic rings.